The molecule has 0 spiro atoms. The van der Waals surface area contributed by atoms with Crippen LogP contribution < -0.4 is 5.32 Å². The van der Waals surface area contributed by atoms with E-state index in [0.29, 0.717) is 6.42 Å². The highest BCUT2D eigenvalue weighted by Crippen LogP contribution is 2.28. The Morgan fingerprint density at radius 3 is 2.85 bits per heavy atom. The lowest BCUT2D eigenvalue weighted by molar-refractivity contribution is -0.385. The van der Waals surface area contributed by atoms with Gasteiger partial charge in [0.1, 0.15) is 10.6 Å². The lowest BCUT2D eigenvalue weighted by Crippen LogP contribution is -2.33. The first kappa shape index (κ1) is 14.5. The van der Waals surface area contributed by atoms with Gasteiger partial charge in [0.05, 0.1) is 4.92 Å². The average molecular weight is 297 g/mol. The van der Waals surface area contributed by atoms with Crippen molar-refractivity contribution in [1.82, 2.24) is 5.32 Å². The quantitative estimate of drug-likeness (QED) is 0.504. The number of carbonyl (C=O) groups excluding carboxylic acids is 1. The smallest absolute Gasteiger partial charge is 0.300 e. The molecule has 1 aliphatic carbocycles. The van der Waals surface area contributed by atoms with E-state index in [9.17, 15) is 14.9 Å². The van der Waals surface area contributed by atoms with E-state index in [1.807, 2.05) is 6.08 Å². The van der Waals surface area contributed by atoms with Crippen LogP contribution in [0.25, 0.3) is 0 Å². The molecule has 0 saturated carbocycles. The number of nitrogens with zero attached hydrogens (tertiary/aromatic N) is 1. The standard InChI is InChI=1S/C13H13ClN2O4/c14-11-3-1-2-10(12(11)16(19)20)13(18)15-9-5-4-8(6-9)7-17/h1-5,8-9,17H,6-7H2,(H,15,18)/t8-,9+/m0/s1. The Balaban J connectivity index is 2.16. The lowest BCUT2D eigenvalue weighted by Gasteiger charge is -2.13. The number of amides is 1. The number of nitrogens with one attached hydrogen (secondary N) is 1. The van der Waals surface area contributed by atoms with Crippen LogP contribution in [0.3, 0.4) is 0 Å². The average Bonchev–Trinajstić information content (AvgIpc) is 2.85. The van der Waals surface area contributed by atoms with Gasteiger partial charge in [-0.3, -0.25) is 14.9 Å². The van der Waals surface area contributed by atoms with Crippen molar-refractivity contribution in [3.63, 3.8) is 0 Å². The minimum atomic E-state index is -0.668. The second-order valence-corrected chi connectivity index (χ2v) is 4.94. The molecule has 0 bridgehead atoms. The maximum absolute atomic E-state index is 12.1. The maximum atomic E-state index is 12.1. The first-order chi connectivity index (χ1) is 9.52. The van der Waals surface area contributed by atoms with Crippen LogP contribution in [0.2, 0.25) is 5.02 Å². The molecule has 0 heterocycles. The molecule has 2 N–H and O–H groups in total. The highest BCUT2D eigenvalue weighted by Gasteiger charge is 2.26. The predicted molar refractivity (Wildman–Crippen MR) is 73.7 cm³/mol. The summed E-state index contributed by atoms with van der Waals surface area (Å²) >= 11 is 5.76. The van der Waals surface area contributed by atoms with Crippen LogP contribution in [0, 0.1) is 16.0 Å². The van der Waals surface area contributed by atoms with Gasteiger partial charge in [-0.25, -0.2) is 0 Å². The third-order valence-corrected chi connectivity index (χ3v) is 3.44. The number of para-hydroxylation sites is 1. The number of benzene rings is 1. The fraction of sp³-hybridized carbons (Fsp3) is 0.308. The summed E-state index contributed by atoms with van der Waals surface area (Å²) in [7, 11) is 0. The van der Waals surface area contributed by atoms with Crippen molar-refractivity contribution in [1.29, 1.82) is 0 Å². The van der Waals surface area contributed by atoms with Crippen molar-refractivity contribution in [3.05, 3.63) is 51.1 Å². The van der Waals surface area contributed by atoms with Crippen LogP contribution in [0.4, 0.5) is 5.69 Å². The molecule has 0 radical (unpaired) electrons. The minimum Gasteiger partial charge on any atom is -0.396 e. The number of aliphatic hydroxyl groups excluding tert-OH is 1. The molecule has 0 aliphatic heterocycles. The van der Waals surface area contributed by atoms with Gasteiger partial charge in [0, 0.05) is 18.6 Å². The number of halogens is 1. The Morgan fingerprint density at radius 1 is 1.50 bits per heavy atom. The van der Waals surface area contributed by atoms with Crippen molar-refractivity contribution >= 4 is 23.2 Å². The molecule has 0 unspecified atom stereocenters. The summed E-state index contributed by atoms with van der Waals surface area (Å²) in [5, 5.41) is 22.6. The van der Waals surface area contributed by atoms with Gasteiger partial charge in [-0.2, -0.15) is 0 Å². The molecule has 0 fully saturated rings. The molecule has 1 aromatic carbocycles. The Kier molecular flexibility index (Phi) is 4.36. The monoisotopic (exact) mass is 296 g/mol. The van der Waals surface area contributed by atoms with E-state index in [0.717, 1.165) is 0 Å². The molecule has 6 nitrogen and oxygen atoms in total. The van der Waals surface area contributed by atoms with Crippen molar-refractivity contribution < 1.29 is 14.8 Å². The van der Waals surface area contributed by atoms with Crippen LogP contribution in [0.15, 0.2) is 30.4 Å². The summed E-state index contributed by atoms with van der Waals surface area (Å²) in [4.78, 5) is 22.4. The molecule has 1 aromatic rings. The fourth-order valence-electron chi connectivity index (χ4n) is 2.15. The molecular formula is C13H13ClN2O4. The molecule has 2 rings (SSSR count). The van der Waals surface area contributed by atoms with E-state index in [-0.39, 0.29) is 29.2 Å². The number of rotatable bonds is 4. The SMILES string of the molecule is O=C(N[C@@H]1C=C[C@H](CO)C1)c1cccc(Cl)c1[N+](=O)[O-]. The van der Waals surface area contributed by atoms with E-state index >= 15 is 0 Å². The van der Waals surface area contributed by atoms with Crippen molar-refractivity contribution in [2.24, 2.45) is 5.92 Å². The molecule has 1 aliphatic rings. The first-order valence-electron chi connectivity index (χ1n) is 6.06. The zero-order valence-corrected chi connectivity index (χ0v) is 11.2. The van der Waals surface area contributed by atoms with Gasteiger partial charge < -0.3 is 10.4 Å². The number of nitro groups is 1. The molecule has 2 atom stereocenters. The van der Waals surface area contributed by atoms with Crippen LogP contribution in [-0.2, 0) is 0 Å². The summed E-state index contributed by atoms with van der Waals surface area (Å²) in [6, 6.07) is 3.99. The van der Waals surface area contributed by atoms with Crippen LogP contribution in [0.1, 0.15) is 16.8 Å². The number of hydrogen-bond donors (Lipinski definition) is 2. The molecule has 1 amide bonds. The van der Waals surface area contributed by atoms with Crippen LogP contribution in [0.5, 0.6) is 0 Å². The topological polar surface area (TPSA) is 92.5 Å². The summed E-state index contributed by atoms with van der Waals surface area (Å²) in [6.45, 7) is 0.0141. The Hall–Kier alpha value is -1.92. The van der Waals surface area contributed by atoms with E-state index in [2.05, 4.69) is 5.32 Å². The van der Waals surface area contributed by atoms with E-state index in [4.69, 9.17) is 16.7 Å². The molecule has 7 heteroatoms. The number of hydrogen-bond acceptors (Lipinski definition) is 4. The third-order valence-electron chi connectivity index (χ3n) is 3.14. The predicted octanol–water partition coefficient (Wildman–Crippen LogP) is 1.91. The highest BCUT2D eigenvalue weighted by molar-refractivity contribution is 6.33. The largest absolute Gasteiger partial charge is 0.396 e. The highest BCUT2D eigenvalue weighted by atomic mass is 35.5. The van der Waals surface area contributed by atoms with E-state index < -0.39 is 16.5 Å². The summed E-state index contributed by atoms with van der Waals surface area (Å²) in [5.74, 6) is -0.540. The Labute approximate surface area is 120 Å². The number of carbonyl (C=O) groups is 1. The molecule has 0 saturated heterocycles. The Morgan fingerprint density at radius 2 is 2.25 bits per heavy atom. The van der Waals surface area contributed by atoms with Crippen molar-refractivity contribution in [3.8, 4) is 0 Å². The van der Waals surface area contributed by atoms with Crippen molar-refractivity contribution in [2.45, 2.75) is 12.5 Å². The van der Waals surface area contributed by atoms with Crippen LogP contribution in [-0.4, -0.2) is 28.6 Å². The first-order valence-corrected chi connectivity index (χ1v) is 6.43. The van der Waals surface area contributed by atoms with Gasteiger partial charge in [-0.15, -0.1) is 0 Å². The molecule has 0 aromatic heterocycles. The zero-order chi connectivity index (χ0) is 14.7. The summed E-state index contributed by atoms with van der Waals surface area (Å²) in [6.07, 6.45) is 4.17. The maximum Gasteiger partial charge on any atom is 0.300 e. The number of nitro benzene ring substituents is 1. The molecule has 20 heavy (non-hydrogen) atoms. The van der Waals surface area contributed by atoms with Gasteiger partial charge in [0.15, 0.2) is 0 Å². The van der Waals surface area contributed by atoms with Gasteiger partial charge in [0.25, 0.3) is 5.91 Å². The van der Waals surface area contributed by atoms with Gasteiger partial charge in [-0.05, 0) is 18.6 Å². The summed E-state index contributed by atoms with van der Waals surface area (Å²) in [5.41, 5.74) is -0.462. The molecular weight excluding hydrogens is 284 g/mol. The minimum absolute atomic E-state index is 0.00893. The second-order valence-electron chi connectivity index (χ2n) is 4.54. The van der Waals surface area contributed by atoms with Crippen LogP contribution >= 0.6 is 11.6 Å². The molecule has 106 valence electrons. The van der Waals surface area contributed by atoms with Gasteiger partial charge in [-0.1, -0.05) is 29.8 Å². The lowest BCUT2D eigenvalue weighted by atomic mass is 10.1. The zero-order valence-electron chi connectivity index (χ0n) is 10.5. The fourth-order valence-corrected chi connectivity index (χ4v) is 2.39. The third kappa shape index (κ3) is 2.97. The van der Waals surface area contributed by atoms with E-state index in [1.54, 1.807) is 6.08 Å². The van der Waals surface area contributed by atoms with Gasteiger partial charge >= 0.3 is 5.69 Å². The second kappa shape index (κ2) is 6.02. The summed E-state index contributed by atoms with van der Waals surface area (Å²) < 4.78 is 0. The number of aliphatic hydroxyl groups is 1. The van der Waals surface area contributed by atoms with E-state index in [1.165, 1.54) is 18.2 Å². The Bertz CT molecular complexity index is 573. The van der Waals surface area contributed by atoms with Gasteiger partial charge in [0.2, 0.25) is 0 Å². The van der Waals surface area contributed by atoms with Crippen molar-refractivity contribution in [2.75, 3.05) is 6.61 Å². The normalized spacial score (nSPS) is 20.9.